The molecule has 3 aromatic carbocycles. The number of aryl methyl sites for hydroxylation is 1. The number of hydrogen-bond acceptors (Lipinski definition) is 7. The molecule has 216 valence electrons. The highest BCUT2D eigenvalue weighted by molar-refractivity contribution is 5.96. The first-order chi connectivity index (χ1) is 19.7. The molecule has 0 radical (unpaired) electrons. The average Bonchev–Trinajstić information content (AvgIpc) is 3.19. The van der Waals surface area contributed by atoms with Crippen LogP contribution in [0.2, 0.25) is 0 Å². The van der Waals surface area contributed by atoms with Crippen molar-refractivity contribution in [2.24, 2.45) is 5.92 Å². The standard InChI is InChI=1S/C32H37N3O6/c1-18(2)29(32(38)34-21-10-8-7-9-11-21)35-25-15-13-22-23(17-26(25)37)24(33-19(3)36)14-12-20-16-27(39-4)30(40-5)31(41-6)28(20)22/h7-11,13,15-18,24,29H,12,14H2,1-6H3,(H,33,36)(H,34,38)(H,35,37)/t24-,29+/m1/s1. The van der Waals surface area contributed by atoms with Gasteiger partial charge in [0.1, 0.15) is 6.04 Å². The van der Waals surface area contributed by atoms with Crippen LogP contribution in [0.1, 0.15) is 44.4 Å². The third kappa shape index (κ3) is 6.29. The van der Waals surface area contributed by atoms with Crippen LogP contribution in [-0.4, -0.2) is 39.2 Å². The number of amides is 2. The largest absolute Gasteiger partial charge is 0.493 e. The van der Waals surface area contributed by atoms with Crippen molar-refractivity contribution in [2.75, 3.05) is 32.0 Å². The minimum atomic E-state index is -0.678. The van der Waals surface area contributed by atoms with Gasteiger partial charge in [-0.1, -0.05) is 38.1 Å². The molecule has 0 bridgehead atoms. The summed E-state index contributed by atoms with van der Waals surface area (Å²) in [5.41, 5.74) is 3.70. The topological polar surface area (TPSA) is 115 Å². The van der Waals surface area contributed by atoms with E-state index in [0.29, 0.717) is 46.9 Å². The molecule has 9 heteroatoms. The third-order valence-corrected chi connectivity index (χ3v) is 7.22. The lowest BCUT2D eigenvalue weighted by atomic mass is 9.95. The van der Waals surface area contributed by atoms with Gasteiger partial charge in [0.15, 0.2) is 11.5 Å². The highest BCUT2D eigenvalue weighted by Crippen LogP contribution is 2.50. The number of hydrogen-bond donors (Lipinski definition) is 3. The zero-order valence-electron chi connectivity index (χ0n) is 24.3. The lowest BCUT2D eigenvalue weighted by Crippen LogP contribution is -2.39. The molecule has 0 saturated carbocycles. The molecule has 0 saturated heterocycles. The summed E-state index contributed by atoms with van der Waals surface area (Å²) in [4.78, 5) is 39.1. The van der Waals surface area contributed by atoms with Gasteiger partial charge in [0.05, 0.1) is 33.1 Å². The Balaban J connectivity index is 1.86. The first-order valence-corrected chi connectivity index (χ1v) is 13.6. The van der Waals surface area contributed by atoms with Gasteiger partial charge in [-0.15, -0.1) is 0 Å². The fourth-order valence-electron chi connectivity index (χ4n) is 5.27. The summed E-state index contributed by atoms with van der Waals surface area (Å²) in [6, 6.07) is 15.0. The second-order valence-corrected chi connectivity index (χ2v) is 10.3. The minimum absolute atomic E-state index is 0.119. The van der Waals surface area contributed by atoms with E-state index in [1.807, 2.05) is 56.3 Å². The van der Waals surface area contributed by atoms with Gasteiger partial charge in [-0.05, 0) is 65.8 Å². The van der Waals surface area contributed by atoms with E-state index in [0.717, 1.165) is 11.1 Å². The van der Waals surface area contributed by atoms with Crippen molar-refractivity contribution in [3.05, 3.63) is 75.9 Å². The molecule has 0 heterocycles. The normalized spacial score (nSPS) is 14.6. The molecule has 0 spiro atoms. The van der Waals surface area contributed by atoms with Crippen molar-refractivity contribution < 1.29 is 23.8 Å². The Morgan fingerprint density at radius 2 is 1.63 bits per heavy atom. The summed E-state index contributed by atoms with van der Waals surface area (Å²) in [7, 11) is 4.66. The van der Waals surface area contributed by atoms with Crippen LogP contribution < -0.4 is 35.6 Å². The number of carbonyl (C=O) groups excluding carboxylic acids is 2. The third-order valence-electron chi connectivity index (χ3n) is 7.22. The number of fused-ring (bicyclic) bond motifs is 3. The molecule has 0 fully saturated rings. The lowest BCUT2D eigenvalue weighted by molar-refractivity contribution is -0.120. The number of ether oxygens (including phenoxy) is 3. The summed E-state index contributed by atoms with van der Waals surface area (Å²) >= 11 is 0. The number of nitrogens with one attached hydrogen (secondary N) is 3. The van der Waals surface area contributed by atoms with Crippen LogP contribution in [0.3, 0.4) is 0 Å². The zero-order chi connectivity index (χ0) is 29.7. The number of anilines is 2. The van der Waals surface area contributed by atoms with Crippen LogP contribution in [0.15, 0.2) is 59.4 Å². The summed E-state index contributed by atoms with van der Waals surface area (Å²) in [5.74, 6) is 0.858. The molecule has 3 N–H and O–H groups in total. The second-order valence-electron chi connectivity index (χ2n) is 10.3. The van der Waals surface area contributed by atoms with Crippen LogP contribution in [-0.2, 0) is 16.0 Å². The van der Waals surface area contributed by atoms with E-state index in [1.165, 1.54) is 13.0 Å². The Morgan fingerprint density at radius 3 is 2.24 bits per heavy atom. The van der Waals surface area contributed by atoms with E-state index in [2.05, 4.69) is 16.0 Å². The van der Waals surface area contributed by atoms with Crippen molar-refractivity contribution in [1.82, 2.24) is 5.32 Å². The molecule has 0 aromatic heterocycles. The summed E-state index contributed by atoms with van der Waals surface area (Å²) in [6.07, 6.45) is 1.16. The van der Waals surface area contributed by atoms with Crippen LogP contribution >= 0.6 is 0 Å². The smallest absolute Gasteiger partial charge is 0.247 e. The van der Waals surface area contributed by atoms with Gasteiger partial charge >= 0.3 is 0 Å². The van der Waals surface area contributed by atoms with E-state index in [-0.39, 0.29) is 28.8 Å². The quantitative estimate of drug-likeness (QED) is 0.340. The lowest BCUT2D eigenvalue weighted by Gasteiger charge is -2.22. The van der Waals surface area contributed by atoms with E-state index in [4.69, 9.17) is 14.2 Å². The maximum absolute atomic E-state index is 13.7. The zero-order valence-corrected chi connectivity index (χ0v) is 24.3. The summed E-state index contributed by atoms with van der Waals surface area (Å²) in [6.45, 7) is 5.29. The van der Waals surface area contributed by atoms with Crippen molar-refractivity contribution >= 4 is 23.2 Å². The Bertz CT molecular complexity index is 1490. The molecule has 3 aromatic rings. The number of para-hydroxylation sites is 1. The maximum Gasteiger partial charge on any atom is 0.247 e. The number of rotatable bonds is 9. The Morgan fingerprint density at radius 1 is 0.927 bits per heavy atom. The molecule has 4 rings (SSSR count). The molecular weight excluding hydrogens is 522 g/mol. The van der Waals surface area contributed by atoms with Crippen LogP contribution in [0.5, 0.6) is 17.2 Å². The number of benzene rings is 2. The van der Waals surface area contributed by atoms with Gasteiger partial charge in [-0.2, -0.15) is 0 Å². The molecule has 9 nitrogen and oxygen atoms in total. The molecule has 2 amide bonds. The monoisotopic (exact) mass is 559 g/mol. The van der Waals surface area contributed by atoms with Gasteiger partial charge < -0.3 is 30.2 Å². The van der Waals surface area contributed by atoms with Crippen molar-refractivity contribution in [1.29, 1.82) is 0 Å². The molecule has 41 heavy (non-hydrogen) atoms. The SMILES string of the molecule is COc1cc2c(c(OC)c1OC)-c1ccc(N[C@H](C(=O)Nc3ccccc3)C(C)C)c(=O)cc1[C@H](NC(C)=O)CC2. The van der Waals surface area contributed by atoms with Crippen LogP contribution in [0, 0.1) is 5.92 Å². The van der Waals surface area contributed by atoms with Gasteiger partial charge in [0.2, 0.25) is 23.0 Å². The number of methoxy groups -OCH3 is 3. The first-order valence-electron chi connectivity index (χ1n) is 13.6. The van der Waals surface area contributed by atoms with Gasteiger partial charge in [0, 0.05) is 18.2 Å². The fraction of sp³-hybridized carbons (Fsp3) is 0.344. The highest BCUT2D eigenvalue weighted by Gasteiger charge is 2.30. The predicted octanol–water partition coefficient (Wildman–Crippen LogP) is 4.94. The van der Waals surface area contributed by atoms with Crippen LogP contribution in [0.4, 0.5) is 11.4 Å². The Kier molecular flexibility index (Phi) is 9.17. The molecule has 0 aliphatic heterocycles. The maximum atomic E-state index is 13.7. The second kappa shape index (κ2) is 12.8. The number of carbonyl (C=O) groups is 2. The van der Waals surface area contributed by atoms with Crippen molar-refractivity contribution in [2.45, 2.75) is 45.7 Å². The molecule has 0 unspecified atom stereocenters. The van der Waals surface area contributed by atoms with E-state index < -0.39 is 12.1 Å². The molecule has 1 aliphatic rings. The fourth-order valence-corrected chi connectivity index (χ4v) is 5.27. The van der Waals surface area contributed by atoms with Gasteiger partial charge in [-0.25, -0.2) is 0 Å². The Labute approximate surface area is 240 Å². The van der Waals surface area contributed by atoms with E-state index in [9.17, 15) is 14.4 Å². The van der Waals surface area contributed by atoms with E-state index >= 15 is 0 Å². The molecule has 2 atom stereocenters. The summed E-state index contributed by atoms with van der Waals surface area (Å²) < 4.78 is 17.1. The van der Waals surface area contributed by atoms with Crippen LogP contribution in [0.25, 0.3) is 11.1 Å². The van der Waals surface area contributed by atoms with Crippen molar-refractivity contribution in [3.8, 4) is 28.4 Å². The highest BCUT2D eigenvalue weighted by atomic mass is 16.5. The molecule has 1 aliphatic carbocycles. The first kappa shape index (κ1) is 29.5. The van der Waals surface area contributed by atoms with Crippen molar-refractivity contribution in [3.63, 3.8) is 0 Å². The average molecular weight is 560 g/mol. The van der Waals surface area contributed by atoms with Gasteiger partial charge in [0.25, 0.3) is 0 Å². The Hall–Kier alpha value is -4.53. The van der Waals surface area contributed by atoms with E-state index in [1.54, 1.807) is 27.4 Å². The summed E-state index contributed by atoms with van der Waals surface area (Å²) in [5, 5.41) is 9.11. The predicted molar refractivity (Wildman–Crippen MR) is 160 cm³/mol. The minimum Gasteiger partial charge on any atom is -0.493 e. The van der Waals surface area contributed by atoms with Gasteiger partial charge in [-0.3, -0.25) is 14.4 Å². The molecular formula is C32H37N3O6.